The summed E-state index contributed by atoms with van der Waals surface area (Å²) < 4.78 is 11.6. The largest absolute Gasteiger partial charge is 0.485 e. The number of furan rings is 1. The number of benzene rings is 2. The van der Waals surface area contributed by atoms with Gasteiger partial charge in [-0.15, -0.1) is 0 Å². The highest BCUT2D eigenvalue weighted by atomic mass is 16.6. The molecule has 0 saturated heterocycles. The van der Waals surface area contributed by atoms with Crippen LogP contribution in [0.25, 0.3) is 0 Å². The first-order valence-corrected chi connectivity index (χ1v) is 9.63. The molecule has 0 saturated carbocycles. The van der Waals surface area contributed by atoms with Gasteiger partial charge in [-0.2, -0.15) is 0 Å². The predicted molar refractivity (Wildman–Crippen MR) is 114 cm³/mol. The average molecular weight is 408 g/mol. The van der Waals surface area contributed by atoms with E-state index < -0.39 is 10.8 Å². The Bertz CT molecular complexity index is 1080. The zero-order valence-electron chi connectivity index (χ0n) is 17.4. The average Bonchev–Trinajstić information content (AvgIpc) is 3.16. The van der Waals surface area contributed by atoms with Crippen molar-refractivity contribution in [1.29, 1.82) is 0 Å². The summed E-state index contributed by atoms with van der Waals surface area (Å²) in [7, 11) is 0. The number of nitro benzene ring substituents is 1. The molecule has 0 spiro atoms. The Kier molecular flexibility index (Phi) is 6.20. The topological polar surface area (TPSA) is 94.6 Å². The Labute approximate surface area is 174 Å². The van der Waals surface area contributed by atoms with Crippen LogP contribution < -0.4 is 10.1 Å². The molecule has 3 rings (SSSR count). The van der Waals surface area contributed by atoms with Crippen LogP contribution in [-0.4, -0.2) is 10.8 Å². The third-order valence-corrected chi connectivity index (χ3v) is 4.72. The van der Waals surface area contributed by atoms with E-state index in [0.717, 1.165) is 16.9 Å². The van der Waals surface area contributed by atoms with Gasteiger partial charge in [0.2, 0.25) is 0 Å². The summed E-state index contributed by atoms with van der Waals surface area (Å²) in [5.41, 5.74) is 3.26. The first-order chi connectivity index (χ1) is 14.2. The van der Waals surface area contributed by atoms with Gasteiger partial charge in [0.1, 0.15) is 18.1 Å². The van der Waals surface area contributed by atoms with Gasteiger partial charge < -0.3 is 14.5 Å². The number of nitrogens with zero attached hydrogens (tertiary/aromatic N) is 1. The van der Waals surface area contributed by atoms with E-state index in [9.17, 15) is 14.9 Å². The number of aryl methyl sites for hydroxylation is 2. The van der Waals surface area contributed by atoms with Gasteiger partial charge in [0.15, 0.2) is 5.76 Å². The van der Waals surface area contributed by atoms with Crippen LogP contribution in [0.1, 0.15) is 52.8 Å². The van der Waals surface area contributed by atoms with Crippen molar-refractivity contribution in [3.63, 3.8) is 0 Å². The fourth-order valence-corrected chi connectivity index (χ4v) is 3.06. The molecular weight excluding hydrogens is 384 g/mol. The highest BCUT2D eigenvalue weighted by Gasteiger charge is 2.15. The molecule has 7 nitrogen and oxygen atoms in total. The molecule has 0 unspecified atom stereocenters. The highest BCUT2D eigenvalue weighted by molar-refractivity contribution is 6.02. The Morgan fingerprint density at radius 2 is 1.90 bits per heavy atom. The predicted octanol–water partition coefficient (Wildman–Crippen LogP) is 5.76. The molecule has 0 aliphatic heterocycles. The third-order valence-electron chi connectivity index (χ3n) is 4.72. The summed E-state index contributed by atoms with van der Waals surface area (Å²) in [6.07, 6.45) is 0. The zero-order chi connectivity index (χ0) is 21.8. The van der Waals surface area contributed by atoms with Gasteiger partial charge in [-0.3, -0.25) is 14.9 Å². The summed E-state index contributed by atoms with van der Waals surface area (Å²) in [5, 5.41) is 13.6. The molecule has 1 aromatic heterocycles. The van der Waals surface area contributed by atoms with Crippen molar-refractivity contribution in [2.75, 3.05) is 5.32 Å². The molecule has 0 radical (unpaired) electrons. The molecule has 0 aliphatic carbocycles. The van der Waals surface area contributed by atoms with Crippen LogP contribution in [0.4, 0.5) is 11.4 Å². The quantitative estimate of drug-likeness (QED) is 0.396. The Morgan fingerprint density at radius 1 is 1.13 bits per heavy atom. The van der Waals surface area contributed by atoms with Gasteiger partial charge >= 0.3 is 0 Å². The maximum absolute atomic E-state index is 12.5. The molecule has 0 fully saturated rings. The van der Waals surface area contributed by atoms with E-state index >= 15 is 0 Å². The lowest BCUT2D eigenvalue weighted by atomic mass is 10.0. The summed E-state index contributed by atoms with van der Waals surface area (Å²) in [6, 6.07) is 13.6. The van der Waals surface area contributed by atoms with Crippen molar-refractivity contribution < 1.29 is 18.9 Å². The lowest BCUT2D eigenvalue weighted by Crippen LogP contribution is -2.12. The van der Waals surface area contributed by atoms with E-state index in [2.05, 4.69) is 31.3 Å². The summed E-state index contributed by atoms with van der Waals surface area (Å²) in [6.45, 7) is 8.11. The van der Waals surface area contributed by atoms with Crippen molar-refractivity contribution in [3.8, 4) is 5.75 Å². The molecule has 30 heavy (non-hydrogen) atoms. The molecule has 2 aromatic carbocycles. The number of hydrogen-bond donors (Lipinski definition) is 1. The van der Waals surface area contributed by atoms with Gasteiger partial charge in [0, 0.05) is 17.8 Å². The van der Waals surface area contributed by atoms with E-state index in [0.29, 0.717) is 22.9 Å². The minimum atomic E-state index is -0.476. The molecular formula is C23H24N2O5. The molecule has 156 valence electrons. The number of hydrogen-bond acceptors (Lipinski definition) is 5. The number of anilines is 1. The molecule has 7 heteroatoms. The van der Waals surface area contributed by atoms with Gasteiger partial charge in [-0.25, -0.2) is 0 Å². The fourth-order valence-electron chi connectivity index (χ4n) is 3.06. The van der Waals surface area contributed by atoms with E-state index in [-0.39, 0.29) is 18.1 Å². The van der Waals surface area contributed by atoms with Crippen molar-refractivity contribution in [1.82, 2.24) is 0 Å². The third kappa shape index (κ3) is 4.86. The number of carbonyl (C=O) groups is 1. The fraction of sp³-hybridized carbons (Fsp3) is 0.261. The molecule has 0 bridgehead atoms. The van der Waals surface area contributed by atoms with E-state index in [1.54, 1.807) is 19.1 Å². The Morgan fingerprint density at radius 3 is 2.57 bits per heavy atom. The van der Waals surface area contributed by atoms with Gasteiger partial charge in [-0.05, 0) is 60.7 Å². The summed E-state index contributed by atoms with van der Waals surface area (Å²) in [5.74, 6) is 1.35. The van der Waals surface area contributed by atoms with Crippen molar-refractivity contribution in [2.24, 2.45) is 0 Å². The summed E-state index contributed by atoms with van der Waals surface area (Å²) >= 11 is 0. The zero-order valence-corrected chi connectivity index (χ0v) is 17.4. The van der Waals surface area contributed by atoms with Crippen LogP contribution in [-0.2, 0) is 6.61 Å². The maximum atomic E-state index is 12.5. The number of carbonyl (C=O) groups excluding carboxylic acids is 1. The molecule has 1 heterocycles. The van der Waals surface area contributed by atoms with Gasteiger partial charge in [-0.1, -0.05) is 26.0 Å². The number of nitro groups is 1. The summed E-state index contributed by atoms with van der Waals surface area (Å²) in [4.78, 5) is 22.8. The normalized spacial score (nSPS) is 10.8. The van der Waals surface area contributed by atoms with Crippen LogP contribution in [0.2, 0.25) is 0 Å². The SMILES string of the molecule is Cc1ccc(C(C)C)c(OCc2ccc(C(=O)Nc3ccc([N+](=O)[O-])cc3C)o2)c1. The number of ether oxygens (including phenoxy) is 1. The first kappa shape index (κ1) is 21.1. The molecule has 1 amide bonds. The molecule has 0 atom stereocenters. The Balaban J connectivity index is 1.67. The van der Waals surface area contributed by atoms with Crippen LogP contribution in [0.15, 0.2) is 52.9 Å². The monoisotopic (exact) mass is 408 g/mol. The van der Waals surface area contributed by atoms with Gasteiger partial charge in [0.05, 0.1) is 4.92 Å². The second kappa shape index (κ2) is 8.82. The van der Waals surface area contributed by atoms with Crippen LogP contribution in [0.5, 0.6) is 5.75 Å². The second-order valence-electron chi connectivity index (χ2n) is 7.46. The van der Waals surface area contributed by atoms with Crippen LogP contribution in [0.3, 0.4) is 0 Å². The van der Waals surface area contributed by atoms with Gasteiger partial charge in [0.25, 0.3) is 11.6 Å². The highest BCUT2D eigenvalue weighted by Crippen LogP contribution is 2.28. The molecule has 0 aliphatic rings. The maximum Gasteiger partial charge on any atom is 0.291 e. The number of non-ortho nitro benzene ring substituents is 1. The minimum Gasteiger partial charge on any atom is -0.485 e. The lowest BCUT2D eigenvalue weighted by Gasteiger charge is -2.14. The molecule has 1 N–H and O–H groups in total. The van der Waals surface area contributed by atoms with E-state index in [1.807, 2.05) is 13.0 Å². The number of amides is 1. The van der Waals surface area contributed by atoms with Crippen molar-refractivity contribution >= 4 is 17.3 Å². The standard InChI is InChI=1S/C23H24N2O5/c1-14(2)19-8-5-15(3)11-22(19)29-13-18-7-10-21(30-18)23(26)24-20-9-6-17(25(27)28)12-16(20)4/h5-12,14H,13H2,1-4H3,(H,24,26). The Hall–Kier alpha value is -3.61. The number of nitrogens with one attached hydrogen (secondary N) is 1. The minimum absolute atomic E-state index is 0.0279. The first-order valence-electron chi connectivity index (χ1n) is 9.63. The van der Waals surface area contributed by atoms with Crippen molar-refractivity contribution in [3.05, 3.63) is 86.9 Å². The van der Waals surface area contributed by atoms with Crippen LogP contribution >= 0.6 is 0 Å². The van der Waals surface area contributed by atoms with Crippen molar-refractivity contribution in [2.45, 2.75) is 40.2 Å². The molecule has 3 aromatic rings. The second-order valence-corrected chi connectivity index (χ2v) is 7.46. The van der Waals surface area contributed by atoms with Crippen LogP contribution in [0, 0.1) is 24.0 Å². The van der Waals surface area contributed by atoms with E-state index in [4.69, 9.17) is 9.15 Å². The smallest absolute Gasteiger partial charge is 0.291 e. The van der Waals surface area contributed by atoms with E-state index in [1.165, 1.54) is 18.2 Å². The number of rotatable bonds is 7. The lowest BCUT2D eigenvalue weighted by molar-refractivity contribution is -0.384.